The van der Waals surface area contributed by atoms with Crippen LogP contribution in [0.1, 0.15) is 31.1 Å². The standard InChI is InChI=1S/C11H13NO4S.C10H9NO3S/c1-7(13)12-8-3-4-9-10(16-2)6-17(14,15)11(9)5-8;1-7(12)11-9-3-2-8-4-5-15(13,14)10(8)6-9/h3-5,10H,6H2,1-2H3,(H,12,13);2-6H,1H3,(H,11,12). The van der Waals surface area contributed by atoms with Crippen LogP contribution >= 0.6 is 0 Å². The van der Waals surface area contributed by atoms with Gasteiger partial charge in [0.25, 0.3) is 0 Å². The minimum absolute atomic E-state index is 0.0393. The van der Waals surface area contributed by atoms with Crippen molar-refractivity contribution in [3.8, 4) is 0 Å². The molecule has 2 aliphatic heterocycles. The summed E-state index contributed by atoms with van der Waals surface area (Å²) in [7, 11) is -5.11. The highest BCUT2D eigenvalue weighted by Gasteiger charge is 2.35. The van der Waals surface area contributed by atoms with E-state index in [-0.39, 0.29) is 27.4 Å². The van der Waals surface area contributed by atoms with E-state index >= 15 is 0 Å². The van der Waals surface area contributed by atoms with Gasteiger partial charge >= 0.3 is 0 Å². The van der Waals surface area contributed by atoms with Gasteiger partial charge in [0.2, 0.25) is 21.7 Å². The van der Waals surface area contributed by atoms with Crippen LogP contribution in [-0.4, -0.2) is 41.5 Å². The molecule has 2 aromatic rings. The van der Waals surface area contributed by atoms with E-state index in [9.17, 15) is 26.4 Å². The number of carbonyl (C=O) groups excluding carboxylic acids is 2. The number of amides is 2. The third kappa shape index (κ3) is 5.06. The molecule has 0 fully saturated rings. The predicted octanol–water partition coefficient (Wildman–Crippen LogP) is 2.52. The molecule has 170 valence electrons. The van der Waals surface area contributed by atoms with Crippen molar-refractivity contribution in [1.82, 2.24) is 0 Å². The molecule has 1 unspecified atom stereocenters. The lowest BCUT2D eigenvalue weighted by Gasteiger charge is -2.08. The molecular formula is C21H22N2O7S2. The Morgan fingerprint density at radius 1 is 0.906 bits per heavy atom. The van der Waals surface area contributed by atoms with Gasteiger partial charge in [0.15, 0.2) is 9.84 Å². The Bertz CT molecular complexity index is 1330. The highest BCUT2D eigenvalue weighted by atomic mass is 32.2. The van der Waals surface area contributed by atoms with Crippen LogP contribution in [0.25, 0.3) is 6.08 Å². The topological polar surface area (TPSA) is 136 Å². The molecule has 2 aromatic carbocycles. The number of methoxy groups -OCH3 is 1. The van der Waals surface area contributed by atoms with Crippen LogP contribution in [0, 0.1) is 0 Å². The molecule has 11 heteroatoms. The Morgan fingerprint density at radius 2 is 1.47 bits per heavy atom. The number of hydrogen-bond acceptors (Lipinski definition) is 7. The van der Waals surface area contributed by atoms with Gasteiger partial charge in [0.05, 0.1) is 21.6 Å². The summed E-state index contributed by atoms with van der Waals surface area (Å²) in [6.07, 6.45) is 1.13. The van der Waals surface area contributed by atoms with Gasteiger partial charge in [-0.1, -0.05) is 12.1 Å². The summed E-state index contributed by atoms with van der Waals surface area (Å²) in [5, 5.41) is 6.26. The van der Waals surface area contributed by atoms with Crippen molar-refractivity contribution in [1.29, 1.82) is 0 Å². The number of anilines is 2. The van der Waals surface area contributed by atoms with Crippen LogP contribution < -0.4 is 10.6 Å². The van der Waals surface area contributed by atoms with Crippen molar-refractivity contribution in [3.05, 3.63) is 52.9 Å². The van der Waals surface area contributed by atoms with Crippen molar-refractivity contribution >= 4 is 48.9 Å². The zero-order chi connectivity index (χ0) is 23.7. The van der Waals surface area contributed by atoms with Crippen molar-refractivity contribution in [2.75, 3.05) is 23.5 Å². The van der Waals surface area contributed by atoms with E-state index < -0.39 is 25.8 Å². The molecule has 0 bridgehead atoms. The zero-order valence-electron chi connectivity index (χ0n) is 17.6. The molecule has 2 aliphatic rings. The average molecular weight is 479 g/mol. The van der Waals surface area contributed by atoms with Crippen LogP contribution in [0.5, 0.6) is 0 Å². The minimum atomic E-state index is -3.30. The first kappa shape index (κ1) is 23.6. The molecule has 0 aromatic heterocycles. The van der Waals surface area contributed by atoms with E-state index in [4.69, 9.17) is 4.74 Å². The lowest BCUT2D eigenvalue weighted by molar-refractivity contribution is -0.115. The fourth-order valence-corrected chi connectivity index (χ4v) is 6.35. The number of ether oxygens (including phenoxy) is 1. The molecule has 2 heterocycles. The molecule has 2 N–H and O–H groups in total. The van der Waals surface area contributed by atoms with Crippen LogP contribution in [0.4, 0.5) is 11.4 Å². The van der Waals surface area contributed by atoms with Gasteiger partial charge in [0.1, 0.15) is 0 Å². The van der Waals surface area contributed by atoms with E-state index in [0.29, 0.717) is 22.5 Å². The molecule has 9 nitrogen and oxygen atoms in total. The van der Waals surface area contributed by atoms with Crippen LogP contribution in [0.15, 0.2) is 51.6 Å². The highest BCUT2D eigenvalue weighted by molar-refractivity contribution is 7.94. The Kier molecular flexibility index (Phi) is 6.54. The number of benzene rings is 2. The summed E-state index contributed by atoms with van der Waals surface area (Å²) in [6, 6.07) is 9.64. The molecule has 1 atom stereocenters. The quantitative estimate of drug-likeness (QED) is 0.692. The van der Waals surface area contributed by atoms with E-state index in [1.807, 2.05) is 0 Å². The first-order valence-corrected chi connectivity index (χ1v) is 12.6. The SMILES string of the molecule is CC(=O)Nc1ccc2c(c1)S(=O)(=O)C=C2.COC1CS(=O)(=O)c2cc(NC(C)=O)ccc21. The predicted molar refractivity (Wildman–Crippen MR) is 120 cm³/mol. The molecule has 0 radical (unpaired) electrons. The Labute approximate surface area is 186 Å². The summed E-state index contributed by atoms with van der Waals surface area (Å²) in [6.45, 7) is 2.75. The van der Waals surface area contributed by atoms with Gasteiger partial charge in [-0.2, -0.15) is 0 Å². The Balaban J connectivity index is 0.000000182. The molecule has 2 amide bonds. The maximum Gasteiger partial charge on any atom is 0.221 e. The Morgan fingerprint density at radius 3 is 2.03 bits per heavy atom. The number of fused-ring (bicyclic) bond motifs is 2. The lowest BCUT2D eigenvalue weighted by atomic mass is 10.1. The van der Waals surface area contributed by atoms with Crippen LogP contribution in [0.2, 0.25) is 0 Å². The summed E-state index contributed by atoms with van der Waals surface area (Å²) in [5.41, 5.74) is 2.29. The van der Waals surface area contributed by atoms with E-state index in [1.165, 1.54) is 33.1 Å². The normalized spacial score (nSPS) is 18.7. The fraction of sp³-hybridized carbons (Fsp3) is 0.238. The summed E-state index contributed by atoms with van der Waals surface area (Å²) in [5.74, 6) is -0.496. The zero-order valence-corrected chi connectivity index (χ0v) is 19.2. The smallest absolute Gasteiger partial charge is 0.221 e. The van der Waals surface area contributed by atoms with Crippen molar-refractivity contribution in [2.24, 2.45) is 0 Å². The summed E-state index contributed by atoms with van der Waals surface area (Å²) in [4.78, 5) is 22.2. The average Bonchev–Trinajstić information content (AvgIpc) is 3.14. The minimum Gasteiger partial charge on any atom is -0.376 e. The van der Waals surface area contributed by atoms with Crippen molar-refractivity contribution in [2.45, 2.75) is 29.7 Å². The number of nitrogens with one attached hydrogen (secondary N) is 2. The molecule has 4 rings (SSSR count). The number of rotatable bonds is 3. The molecule has 0 saturated carbocycles. The second-order valence-electron chi connectivity index (χ2n) is 7.22. The van der Waals surface area contributed by atoms with Crippen molar-refractivity contribution < 1.29 is 31.2 Å². The van der Waals surface area contributed by atoms with Gasteiger partial charge in [-0.25, -0.2) is 16.8 Å². The monoisotopic (exact) mass is 478 g/mol. The second-order valence-corrected chi connectivity index (χ2v) is 11.0. The van der Waals surface area contributed by atoms with Gasteiger partial charge in [-0.05, 0) is 35.9 Å². The fourth-order valence-electron chi connectivity index (χ4n) is 3.36. The van der Waals surface area contributed by atoms with E-state index in [0.717, 1.165) is 5.41 Å². The second kappa shape index (κ2) is 8.85. The largest absolute Gasteiger partial charge is 0.376 e. The molecule has 0 aliphatic carbocycles. The summed E-state index contributed by atoms with van der Waals surface area (Å²) >= 11 is 0. The molecule has 32 heavy (non-hydrogen) atoms. The highest BCUT2D eigenvalue weighted by Crippen LogP contribution is 2.36. The Hall–Kier alpha value is -3.02. The number of hydrogen-bond donors (Lipinski definition) is 2. The van der Waals surface area contributed by atoms with Gasteiger partial charge in [-0.3, -0.25) is 9.59 Å². The third-order valence-electron chi connectivity index (χ3n) is 4.74. The number of sulfone groups is 2. The van der Waals surface area contributed by atoms with Gasteiger partial charge in [-0.15, -0.1) is 0 Å². The molecular weight excluding hydrogens is 456 g/mol. The maximum atomic E-state index is 11.9. The molecule has 0 spiro atoms. The van der Waals surface area contributed by atoms with Crippen LogP contribution in [-0.2, 0) is 34.0 Å². The lowest BCUT2D eigenvalue weighted by Crippen LogP contribution is -2.06. The molecule has 0 saturated heterocycles. The summed E-state index contributed by atoms with van der Waals surface area (Å²) < 4.78 is 51.8. The number of carbonyl (C=O) groups is 2. The van der Waals surface area contributed by atoms with E-state index in [1.54, 1.807) is 30.3 Å². The third-order valence-corrected chi connectivity index (χ3v) is 7.96. The maximum absolute atomic E-state index is 11.9. The van der Waals surface area contributed by atoms with Gasteiger partial charge < -0.3 is 15.4 Å². The first-order valence-electron chi connectivity index (χ1n) is 9.45. The van der Waals surface area contributed by atoms with Crippen molar-refractivity contribution in [3.63, 3.8) is 0 Å². The van der Waals surface area contributed by atoms with Crippen LogP contribution in [0.3, 0.4) is 0 Å². The van der Waals surface area contributed by atoms with E-state index in [2.05, 4.69) is 10.6 Å². The first-order chi connectivity index (χ1) is 14.9. The van der Waals surface area contributed by atoms with Gasteiger partial charge in [0, 0.05) is 43.3 Å².